The van der Waals surface area contributed by atoms with Crippen molar-refractivity contribution in [3.63, 3.8) is 0 Å². The number of ether oxygens (including phenoxy) is 1. The minimum absolute atomic E-state index is 0.200. The fraction of sp³-hybridized carbons (Fsp3) is 0.611. The molecule has 0 spiro atoms. The van der Waals surface area contributed by atoms with Crippen LogP contribution in [-0.2, 0) is 16.1 Å². The molecule has 116 valence electrons. The second-order valence-electron chi connectivity index (χ2n) is 6.38. The number of hydrogen-bond acceptors (Lipinski definition) is 3. The Kier molecular flexibility index (Phi) is 5.40. The molecule has 3 nitrogen and oxygen atoms in total. The van der Waals surface area contributed by atoms with Gasteiger partial charge in [0.25, 0.3) is 0 Å². The van der Waals surface area contributed by atoms with E-state index in [4.69, 9.17) is 4.74 Å². The van der Waals surface area contributed by atoms with E-state index >= 15 is 0 Å². The van der Waals surface area contributed by atoms with Crippen molar-refractivity contribution in [3.05, 3.63) is 35.9 Å². The summed E-state index contributed by atoms with van der Waals surface area (Å²) in [4.78, 5) is 12.2. The van der Waals surface area contributed by atoms with Gasteiger partial charge >= 0.3 is 5.97 Å². The van der Waals surface area contributed by atoms with Gasteiger partial charge < -0.3 is 9.84 Å². The van der Waals surface area contributed by atoms with E-state index in [1.165, 1.54) is 6.42 Å². The molecule has 1 aromatic rings. The Hall–Kier alpha value is -1.35. The number of carbonyl (C=O) groups is 1. The highest BCUT2D eigenvalue weighted by molar-refractivity contribution is 5.73. The van der Waals surface area contributed by atoms with Crippen LogP contribution in [0.25, 0.3) is 0 Å². The van der Waals surface area contributed by atoms with Crippen molar-refractivity contribution < 1.29 is 14.6 Å². The molecule has 0 heterocycles. The van der Waals surface area contributed by atoms with E-state index < -0.39 is 11.5 Å². The number of aliphatic hydroxyl groups is 1. The molecule has 1 aromatic carbocycles. The lowest BCUT2D eigenvalue weighted by molar-refractivity contribution is -0.162. The van der Waals surface area contributed by atoms with Crippen LogP contribution >= 0.6 is 0 Å². The molecule has 0 aromatic heterocycles. The normalized spacial score (nSPS) is 20.5. The smallest absolute Gasteiger partial charge is 0.311 e. The number of esters is 1. The summed E-state index contributed by atoms with van der Waals surface area (Å²) in [6.07, 6.45) is 5.53. The first-order valence-corrected chi connectivity index (χ1v) is 7.94. The van der Waals surface area contributed by atoms with Crippen LogP contribution in [0.1, 0.15) is 51.5 Å². The minimum Gasteiger partial charge on any atom is -0.461 e. The minimum atomic E-state index is -0.978. The van der Waals surface area contributed by atoms with E-state index in [1.54, 1.807) is 13.8 Å². The standard InChI is InChI=1S/C18H26O3/c1-14(18(2,20)16-11-7-4-8-12-16)17(19)21-13-15-9-5-3-6-10-15/h3,5-6,9-10,14,16,20H,4,7-8,11-13H2,1-2H3/t14-,18-/m0/s1. The molecule has 2 rings (SSSR count). The molecule has 0 amide bonds. The fourth-order valence-electron chi connectivity index (χ4n) is 3.13. The lowest BCUT2D eigenvalue weighted by Gasteiger charge is -2.38. The lowest BCUT2D eigenvalue weighted by Crippen LogP contribution is -2.45. The SMILES string of the molecule is C[C@@H](C(=O)OCc1ccccc1)[C@](C)(O)C1CCCCC1. The number of hydrogen-bond donors (Lipinski definition) is 1. The molecule has 21 heavy (non-hydrogen) atoms. The highest BCUT2D eigenvalue weighted by atomic mass is 16.5. The van der Waals surface area contributed by atoms with Crippen LogP contribution in [0.3, 0.4) is 0 Å². The molecule has 0 unspecified atom stereocenters. The van der Waals surface area contributed by atoms with Crippen molar-refractivity contribution in [2.45, 2.75) is 58.2 Å². The van der Waals surface area contributed by atoms with Gasteiger partial charge in [-0.25, -0.2) is 0 Å². The third-order valence-electron chi connectivity index (χ3n) is 4.89. The maximum absolute atomic E-state index is 12.2. The van der Waals surface area contributed by atoms with Gasteiger partial charge in [-0.1, -0.05) is 49.6 Å². The van der Waals surface area contributed by atoms with Crippen molar-refractivity contribution in [1.82, 2.24) is 0 Å². The van der Waals surface area contributed by atoms with Crippen molar-refractivity contribution in [1.29, 1.82) is 0 Å². The van der Waals surface area contributed by atoms with Crippen LogP contribution in [0.15, 0.2) is 30.3 Å². The summed E-state index contributed by atoms with van der Waals surface area (Å²) >= 11 is 0. The molecule has 1 aliphatic carbocycles. The largest absolute Gasteiger partial charge is 0.461 e. The van der Waals surface area contributed by atoms with E-state index in [0.717, 1.165) is 31.2 Å². The average Bonchev–Trinajstić information content (AvgIpc) is 2.53. The zero-order valence-corrected chi connectivity index (χ0v) is 13.0. The van der Waals surface area contributed by atoms with Crippen molar-refractivity contribution in [2.75, 3.05) is 0 Å². The zero-order valence-electron chi connectivity index (χ0n) is 13.0. The summed E-state index contributed by atoms with van der Waals surface area (Å²) in [5.41, 5.74) is -0.0101. The predicted molar refractivity (Wildman–Crippen MR) is 82.6 cm³/mol. The van der Waals surface area contributed by atoms with Crippen LogP contribution in [0, 0.1) is 11.8 Å². The van der Waals surface area contributed by atoms with Gasteiger partial charge in [-0.05, 0) is 38.2 Å². The zero-order chi connectivity index (χ0) is 15.3. The van der Waals surface area contributed by atoms with Crippen LogP contribution < -0.4 is 0 Å². The first-order chi connectivity index (χ1) is 10.0. The summed E-state index contributed by atoms with van der Waals surface area (Å²) in [7, 11) is 0. The van der Waals surface area contributed by atoms with Gasteiger partial charge in [-0.2, -0.15) is 0 Å². The third kappa shape index (κ3) is 4.07. The van der Waals surface area contributed by atoms with Gasteiger partial charge in [0.1, 0.15) is 6.61 Å². The summed E-state index contributed by atoms with van der Waals surface area (Å²) in [6.45, 7) is 3.84. The Morgan fingerprint density at radius 2 is 1.90 bits per heavy atom. The molecule has 1 N–H and O–H groups in total. The Labute approximate surface area is 127 Å². The van der Waals surface area contributed by atoms with Gasteiger partial charge in [0.2, 0.25) is 0 Å². The molecule has 0 aliphatic heterocycles. The number of benzene rings is 1. The molecular formula is C18H26O3. The third-order valence-corrected chi connectivity index (χ3v) is 4.89. The van der Waals surface area contributed by atoms with E-state index in [1.807, 2.05) is 30.3 Å². The summed E-state index contributed by atoms with van der Waals surface area (Å²) < 4.78 is 5.37. The van der Waals surface area contributed by atoms with Crippen LogP contribution in [0.2, 0.25) is 0 Å². The van der Waals surface area contributed by atoms with E-state index in [2.05, 4.69) is 0 Å². The van der Waals surface area contributed by atoms with Gasteiger partial charge in [-0.15, -0.1) is 0 Å². The lowest BCUT2D eigenvalue weighted by atomic mass is 9.72. The molecule has 3 heteroatoms. The molecule has 2 atom stereocenters. The second-order valence-corrected chi connectivity index (χ2v) is 6.38. The van der Waals surface area contributed by atoms with Crippen molar-refractivity contribution in [2.24, 2.45) is 11.8 Å². The van der Waals surface area contributed by atoms with Gasteiger partial charge in [0, 0.05) is 0 Å². The summed E-state index contributed by atoms with van der Waals surface area (Å²) in [6, 6.07) is 9.63. The average molecular weight is 290 g/mol. The van der Waals surface area contributed by atoms with Gasteiger partial charge in [-0.3, -0.25) is 4.79 Å². The van der Waals surface area contributed by atoms with E-state index in [0.29, 0.717) is 0 Å². The van der Waals surface area contributed by atoms with Gasteiger partial charge in [0.15, 0.2) is 0 Å². The molecule has 0 radical (unpaired) electrons. The number of rotatable bonds is 5. The number of carbonyl (C=O) groups excluding carboxylic acids is 1. The van der Waals surface area contributed by atoms with Gasteiger partial charge in [0.05, 0.1) is 11.5 Å². The fourth-order valence-corrected chi connectivity index (χ4v) is 3.13. The van der Waals surface area contributed by atoms with Crippen molar-refractivity contribution >= 4 is 5.97 Å². The molecule has 0 bridgehead atoms. The Morgan fingerprint density at radius 3 is 2.52 bits per heavy atom. The first-order valence-electron chi connectivity index (χ1n) is 7.94. The molecule has 1 aliphatic rings. The Morgan fingerprint density at radius 1 is 1.29 bits per heavy atom. The van der Waals surface area contributed by atoms with Crippen LogP contribution in [0.5, 0.6) is 0 Å². The molecule has 0 saturated heterocycles. The topological polar surface area (TPSA) is 46.5 Å². The molecular weight excluding hydrogens is 264 g/mol. The monoisotopic (exact) mass is 290 g/mol. The molecule has 1 fully saturated rings. The second kappa shape index (κ2) is 7.08. The highest BCUT2D eigenvalue weighted by Crippen LogP contribution is 2.37. The maximum atomic E-state index is 12.2. The quantitative estimate of drug-likeness (QED) is 0.841. The van der Waals surface area contributed by atoms with E-state index in [9.17, 15) is 9.90 Å². The first kappa shape index (κ1) is 16.0. The van der Waals surface area contributed by atoms with Crippen LogP contribution in [-0.4, -0.2) is 16.7 Å². The Bertz CT molecular complexity index is 447. The Balaban J connectivity index is 1.91. The molecule has 1 saturated carbocycles. The maximum Gasteiger partial charge on any atom is 0.311 e. The van der Waals surface area contributed by atoms with Crippen molar-refractivity contribution in [3.8, 4) is 0 Å². The van der Waals surface area contributed by atoms with E-state index in [-0.39, 0.29) is 18.5 Å². The van der Waals surface area contributed by atoms with Crippen LogP contribution in [0.4, 0.5) is 0 Å². The highest BCUT2D eigenvalue weighted by Gasteiger charge is 2.41. The summed E-state index contributed by atoms with van der Waals surface area (Å²) in [5.74, 6) is -0.607. The predicted octanol–water partition coefficient (Wildman–Crippen LogP) is 3.70. The summed E-state index contributed by atoms with van der Waals surface area (Å²) in [5, 5.41) is 10.8.